The van der Waals surface area contributed by atoms with E-state index >= 15 is 0 Å². The van der Waals surface area contributed by atoms with Gasteiger partial charge in [0.05, 0.1) is 23.9 Å². The van der Waals surface area contributed by atoms with E-state index in [1.54, 1.807) is 0 Å². The van der Waals surface area contributed by atoms with Crippen molar-refractivity contribution in [3.05, 3.63) is 53.4 Å². The molecule has 0 unspecified atom stereocenters. The molecule has 0 spiro atoms. The van der Waals surface area contributed by atoms with E-state index in [1.807, 2.05) is 0 Å². The quantitative estimate of drug-likeness (QED) is 0.723. The molecule has 11 heteroatoms. The van der Waals surface area contributed by atoms with Gasteiger partial charge in [0.25, 0.3) is 0 Å². The summed E-state index contributed by atoms with van der Waals surface area (Å²) in [7, 11) is 0. The zero-order valence-corrected chi connectivity index (χ0v) is 12.2. The fraction of sp³-hybridized carbons (Fsp3) is 0.143. The van der Waals surface area contributed by atoms with E-state index in [0.717, 1.165) is 12.3 Å². The minimum Gasteiger partial charge on any atom is -0.478 e. The number of alkyl halides is 3. The molecule has 0 amide bonds. The zero-order valence-electron chi connectivity index (χ0n) is 12.2. The van der Waals surface area contributed by atoms with Crippen LogP contribution in [0.3, 0.4) is 0 Å². The number of halogens is 4. The Bertz CT molecular complexity index is 932. The van der Waals surface area contributed by atoms with Gasteiger partial charge >= 0.3 is 18.0 Å². The molecule has 2 heterocycles. The molecule has 1 aromatic carbocycles. The number of aromatic nitrogens is 4. The molecule has 2 aromatic heterocycles. The summed E-state index contributed by atoms with van der Waals surface area (Å²) in [5.74, 6) is -4.09. The van der Waals surface area contributed by atoms with E-state index in [9.17, 15) is 22.4 Å². The smallest absolute Gasteiger partial charge is 0.471 e. The van der Waals surface area contributed by atoms with Gasteiger partial charge in [-0.25, -0.2) is 9.18 Å². The predicted octanol–water partition coefficient (Wildman–Crippen LogP) is 2.84. The summed E-state index contributed by atoms with van der Waals surface area (Å²) in [4.78, 5) is 13.9. The van der Waals surface area contributed by atoms with Gasteiger partial charge < -0.3 is 9.63 Å². The molecule has 0 radical (unpaired) electrons. The van der Waals surface area contributed by atoms with Crippen LogP contribution in [0.1, 0.15) is 21.8 Å². The third-order valence-corrected chi connectivity index (χ3v) is 3.17. The molecule has 0 aliphatic rings. The van der Waals surface area contributed by atoms with Gasteiger partial charge in [-0.15, -0.1) is 0 Å². The summed E-state index contributed by atoms with van der Waals surface area (Å²) in [6.07, 6.45) is -2.41. The summed E-state index contributed by atoms with van der Waals surface area (Å²) in [5, 5.41) is 15.8. The third kappa shape index (κ3) is 3.49. The number of benzene rings is 1. The van der Waals surface area contributed by atoms with Crippen molar-refractivity contribution >= 4 is 5.97 Å². The Balaban J connectivity index is 1.83. The lowest BCUT2D eigenvalue weighted by atomic mass is 10.1. The van der Waals surface area contributed by atoms with Crippen LogP contribution < -0.4 is 0 Å². The predicted molar refractivity (Wildman–Crippen MR) is 73.0 cm³/mol. The number of hydrogen-bond acceptors (Lipinski definition) is 5. The summed E-state index contributed by atoms with van der Waals surface area (Å²) in [6, 6.07) is 3.71. The van der Waals surface area contributed by atoms with Gasteiger partial charge in [0, 0.05) is 6.20 Å². The largest absolute Gasteiger partial charge is 0.478 e. The molecular weight excluding hydrogens is 348 g/mol. The fourth-order valence-corrected chi connectivity index (χ4v) is 2.03. The van der Waals surface area contributed by atoms with Crippen molar-refractivity contribution in [3.63, 3.8) is 0 Å². The van der Waals surface area contributed by atoms with E-state index < -0.39 is 29.7 Å². The second-order valence-corrected chi connectivity index (χ2v) is 4.97. The SMILES string of the molecule is O=C(O)c1cnn(Cc2ccc(-c3noc(C(F)(F)F)n3)c(F)c2)c1. The Labute approximate surface area is 136 Å². The fourth-order valence-electron chi connectivity index (χ4n) is 2.03. The van der Waals surface area contributed by atoms with Gasteiger partial charge in [-0.05, 0) is 17.7 Å². The summed E-state index contributed by atoms with van der Waals surface area (Å²) in [6.45, 7) is 0.0739. The maximum absolute atomic E-state index is 14.2. The van der Waals surface area contributed by atoms with Crippen molar-refractivity contribution in [1.82, 2.24) is 19.9 Å². The van der Waals surface area contributed by atoms with E-state index in [0.29, 0.717) is 5.56 Å². The van der Waals surface area contributed by atoms with Crippen LogP contribution in [0.4, 0.5) is 17.6 Å². The van der Waals surface area contributed by atoms with Gasteiger partial charge in [0.1, 0.15) is 5.82 Å². The van der Waals surface area contributed by atoms with Gasteiger partial charge in [0.2, 0.25) is 5.82 Å². The number of carbonyl (C=O) groups is 1. The molecular formula is C14H8F4N4O3. The van der Waals surface area contributed by atoms with E-state index in [1.165, 1.54) is 23.0 Å². The molecule has 3 aromatic rings. The maximum Gasteiger partial charge on any atom is 0.471 e. The van der Waals surface area contributed by atoms with Crippen LogP contribution >= 0.6 is 0 Å². The summed E-state index contributed by atoms with van der Waals surface area (Å²) >= 11 is 0. The lowest BCUT2D eigenvalue weighted by Crippen LogP contribution is -2.05. The molecule has 0 atom stereocenters. The molecule has 25 heavy (non-hydrogen) atoms. The van der Waals surface area contributed by atoms with Crippen molar-refractivity contribution in [2.75, 3.05) is 0 Å². The average Bonchev–Trinajstić information content (AvgIpc) is 3.16. The number of rotatable bonds is 4. The topological polar surface area (TPSA) is 94.0 Å². The third-order valence-electron chi connectivity index (χ3n) is 3.17. The van der Waals surface area contributed by atoms with Gasteiger partial charge in [-0.1, -0.05) is 11.2 Å². The Kier molecular flexibility index (Phi) is 3.99. The Morgan fingerprint density at radius 1 is 1.32 bits per heavy atom. The highest BCUT2D eigenvalue weighted by Gasteiger charge is 2.38. The Hall–Kier alpha value is -3.24. The van der Waals surface area contributed by atoms with Gasteiger partial charge in [-0.2, -0.15) is 23.3 Å². The van der Waals surface area contributed by atoms with Crippen LogP contribution in [0.15, 0.2) is 35.1 Å². The zero-order chi connectivity index (χ0) is 18.2. The van der Waals surface area contributed by atoms with Crippen LogP contribution in [0, 0.1) is 5.82 Å². The first-order valence-electron chi connectivity index (χ1n) is 6.69. The number of carboxylic acid groups (broad SMARTS) is 1. The molecule has 0 saturated heterocycles. The summed E-state index contributed by atoms with van der Waals surface area (Å²) < 4.78 is 56.8. The maximum atomic E-state index is 14.2. The van der Waals surface area contributed by atoms with E-state index in [4.69, 9.17) is 5.11 Å². The van der Waals surface area contributed by atoms with Crippen molar-refractivity contribution in [3.8, 4) is 11.4 Å². The second-order valence-electron chi connectivity index (χ2n) is 4.97. The van der Waals surface area contributed by atoms with Crippen LogP contribution in [-0.2, 0) is 12.7 Å². The summed E-state index contributed by atoms with van der Waals surface area (Å²) in [5.41, 5.74) is 0.138. The first kappa shape index (κ1) is 16.6. The minimum atomic E-state index is -4.82. The first-order chi connectivity index (χ1) is 11.7. The average molecular weight is 356 g/mol. The van der Waals surface area contributed by atoms with Crippen LogP contribution in [0.2, 0.25) is 0 Å². The standard InChI is InChI=1S/C14H8F4N4O3/c15-10-3-7(5-22-6-8(4-19-22)12(23)24)1-2-9(10)11-20-13(25-21-11)14(16,17)18/h1-4,6H,5H2,(H,23,24). The molecule has 0 saturated carbocycles. The van der Waals surface area contributed by atoms with Crippen molar-refractivity contribution in [2.45, 2.75) is 12.7 Å². The van der Waals surface area contributed by atoms with Crippen molar-refractivity contribution in [2.24, 2.45) is 0 Å². The molecule has 7 nitrogen and oxygen atoms in total. The Morgan fingerprint density at radius 3 is 2.64 bits per heavy atom. The molecule has 3 rings (SSSR count). The molecule has 0 aliphatic carbocycles. The molecule has 0 bridgehead atoms. The van der Waals surface area contributed by atoms with Crippen molar-refractivity contribution in [1.29, 1.82) is 0 Å². The molecule has 130 valence electrons. The Morgan fingerprint density at radius 2 is 2.08 bits per heavy atom. The molecule has 0 aliphatic heterocycles. The highest BCUT2D eigenvalue weighted by Crippen LogP contribution is 2.30. The van der Waals surface area contributed by atoms with Gasteiger partial charge in [-0.3, -0.25) is 4.68 Å². The molecule has 1 N–H and O–H groups in total. The van der Waals surface area contributed by atoms with E-state index in [-0.39, 0.29) is 17.7 Å². The number of nitrogens with zero attached hydrogens (tertiary/aromatic N) is 4. The normalized spacial score (nSPS) is 11.7. The number of aromatic carboxylic acids is 1. The number of carboxylic acids is 1. The first-order valence-corrected chi connectivity index (χ1v) is 6.69. The molecule has 0 fully saturated rings. The minimum absolute atomic E-state index is 0.0245. The lowest BCUT2D eigenvalue weighted by molar-refractivity contribution is -0.159. The second kappa shape index (κ2) is 6.00. The van der Waals surface area contributed by atoms with Crippen molar-refractivity contribution < 1.29 is 32.0 Å². The highest BCUT2D eigenvalue weighted by molar-refractivity contribution is 5.86. The lowest BCUT2D eigenvalue weighted by Gasteiger charge is -2.04. The number of hydrogen-bond donors (Lipinski definition) is 1. The highest BCUT2D eigenvalue weighted by atomic mass is 19.4. The van der Waals surface area contributed by atoms with Gasteiger partial charge in [0.15, 0.2) is 0 Å². The van der Waals surface area contributed by atoms with Crippen LogP contribution in [0.5, 0.6) is 0 Å². The van der Waals surface area contributed by atoms with Crippen LogP contribution in [0.25, 0.3) is 11.4 Å². The van der Waals surface area contributed by atoms with E-state index in [2.05, 4.69) is 19.8 Å². The van der Waals surface area contributed by atoms with Crippen LogP contribution in [-0.4, -0.2) is 31.0 Å². The monoisotopic (exact) mass is 356 g/mol.